The van der Waals surface area contributed by atoms with E-state index in [4.69, 9.17) is 0 Å². The largest absolute Gasteiger partial charge is 0.573 e. The van der Waals surface area contributed by atoms with E-state index in [0.717, 1.165) is 29.7 Å². The molecule has 0 radical (unpaired) electrons. The van der Waals surface area contributed by atoms with E-state index in [-0.39, 0.29) is 30.4 Å². The van der Waals surface area contributed by atoms with E-state index in [2.05, 4.69) is 16.0 Å². The van der Waals surface area contributed by atoms with Crippen LogP contribution < -0.4 is 9.46 Å². The maximum Gasteiger partial charge on any atom is 0.573 e. The van der Waals surface area contributed by atoms with Gasteiger partial charge in [0, 0.05) is 25.0 Å². The molecule has 1 aromatic rings. The summed E-state index contributed by atoms with van der Waals surface area (Å²) in [6.07, 6.45) is -3.68. The number of nitrogens with zero attached hydrogens (tertiary/aromatic N) is 1. The Morgan fingerprint density at radius 2 is 1.85 bits per heavy atom. The van der Waals surface area contributed by atoms with Crippen LogP contribution in [0.5, 0.6) is 5.75 Å². The quantitative estimate of drug-likeness (QED) is 0.718. The summed E-state index contributed by atoms with van der Waals surface area (Å²) >= 11 is 0. The minimum Gasteiger partial charge on any atom is -0.406 e. The van der Waals surface area contributed by atoms with Crippen molar-refractivity contribution in [3.8, 4) is 5.75 Å². The van der Waals surface area contributed by atoms with E-state index in [1.807, 2.05) is 0 Å². The molecule has 1 aromatic carbocycles. The smallest absolute Gasteiger partial charge is 0.406 e. The molecule has 0 bridgehead atoms. The first-order valence-electron chi connectivity index (χ1n) is 7.91. The Hall–Kier alpha value is -1.63. The van der Waals surface area contributed by atoms with Gasteiger partial charge in [0.05, 0.1) is 4.90 Å². The highest BCUT2D eigenvalue weighted by atomic mass is 32.2. The fourth-order valence-electron chi connectivity index (χ4n) is 2.67. The predicted molar refractivity (Wildman–Crippen MR) is 91.7 cm³/mol. The van der Waals surface area contributed by atoms with Gasteiger partial charge in [-0.3, -0.25) is 0 Å². The number of benzene rings is 1. The first-order chi connectivity index (χ1) is 12.4. The fraction of sp³-hybridized carbons (Fsp3) is 0.467. The van der Waals surface area contributed by atoms with Crippen LogP contribution in [0.2, 0.25) is 0 Å². The van der Waals surface area contributed by atoms with Crippen molar-refractivity contribution in [2.75, 3.05) is 19.6 Å². The van der Waals surface area contributed by atoms with Crippen LogP contribution in [-0.4, -0.2) is 47.1 Å². The second kappa shape index (κ2) is 8.17. The van der Waals surface area contributed by atoms with Gasteiger partial charge in [-0.1, -0.05) is 6.58 Å². The van der Waals surface area contributed by atoms with Gasteiger partial charge in [0.15, 0.2) is 0 Å². The zero-order valence-corrected chi connectivity index (χ0v) is 15.8. The third-order valence-corrected chi connectivity index (χ3v) is 6.86. The molecule has 0 saturated carbocycles. The molecule has 1 saturated heterocycles. The average molecular weight is 428 g/mol. The van der Waals surface area contributed by atoms with Gasteiger partial charge in [-0.15, -0.1) is 13.2 Å². The normalized spacial score (nSPS) is 19.6. The third kappa shape index (κ3) is 6.19. The number of ether oxygens (including phenoxy) is 1. The number of hydrogen-bond acceptors (Lipinski definition) is 5. The van der Waals surface area contributed by atoms with E-state index in [0.29, 0.717) is 12.8 Å². The molecule has 12 heteroatoms. The standard InChI is InChI=1S/C15H19F3N2O5S2/c1-2-26(21,22)19-10-12-4-3-9-20(11-12)27(23,24)14-7-5-13(6-8-14)25-15(16,17)18/h2,5-8,12,19H,1,3-4,9-11H2/t12-/m1/s1. The van der Waals surface area contributed by atoms with E-state index < -0.39 is 32.2 Å². The molecule has 1 atom stereocenters. The van der Waals surface area contributed by atoms with E-state index >= 15 is 0 Å². The average Bonchev–Trinajstić information content (AvgIpc) is 2.59. The third-order valence-electron chi connectivity index (χ3n) is 3.97. The summed E-state index contributed by atoms with van der Waals surface area (Å²) < 4.78 is 92.0. The second-order valence-electron chi connectivity index (χ2n) is 5.95. The first kappa shape index (κ1) is 21.7. The Bertz CT molecular complexity index is 868. The van der Waals surface area contributed by atoms with Crippen molar-refractivity contribution >= 4 is 20.0 Å². The Balaban J connectivity index is 2.08. The number of alkyl halides is 3. The van der Waals surface area contributed by atoms with Crippen LogP contribution in [-0.2, 0) is 20.0 Å². The molecule has 7 nitrogen and oxygen atoms in total. The molecular formula is C15H19F3N2O5S2. The number of rotatable bonds is 7. The van der Waals surface area contributed by atoms with Crippen molar-refractivity contribution < 1.29 is 34.7 Å². The van der Waals surface area contributed by atoms with E-state index in [9.17, 15) is 30.0 Å². The number of nitrogens with one attached hydrogen (secondary N) is 1. The Kier molecular flexibility index (Phi) is 6.55. The summed E-state index contributed by atoms with van der Waals surface area (Å²) in [5.41, 5.74) is 0. The second-order valence-corrected chi connectivity index (χ2v) is 9.60. The van der Waals surface area contributed by atoms with Gasteiger partial charge < -0.3 is 4.74 Å². The van der Waals surface area contributed by atoms with Gasteiger partial charge in [-0.2, -0.15) is 4.31 Å². The van der Waals surface area contributed by atoms with Crippen LogP contribution in [0.3, 0.4) is 0 Å². The van der Waals surface area contributed by atoms with Crippen molar-refractivity contribution in [3.63, 3.8) is 0 Å². The Morgan fingerprint density at radius 1 is 1.22 bits per heavy atom. The lowest BCUT2D eigenvalue weighted by Gasteiger charge is -2.32. The van der Waals surface area contributed by atoms with Crippen molar-refractivity contribution in [2.45, 2.75) is 24.1 Å². The monoisotopic (exact) mass is 428 g/mol. The minimum absolute atomic E-state index is 0.0682. The van der Waals surface area contributed by atoms with Crippen molar-refractivity contribution in [1.82, 2.24) is 9.03 Å². The van der Waals surface area contributed by atoms with Crippen LogP contribution >= 0.6 is 0 Å². The van der Waals surface area contributed by atoms with Gasteiger partial charge >= 0.3 is 6.36 Å². The summed E-state index contributed by atoms with van der Waals surface area (Å²) in [6.45, 7) is 3.59. The Morgan fingerprint density at radius 3 is 2.41 bits per heavy atom. The number of sulfonamides is 2. The van der Waals surface area contributed by atoms with E-state index in [1.54, 1.807) is 0 Å². The maximum absolute atomic E-state index is 12.7. The lowest BCUT2D eigenvalue weighted by molar-refractivity contribution is -0.274. The molecule has 0 spiro atoms. The molecule has 0 unspecified atom stereocenters. The van der Waals surface area contributed by atoms with Crippen LogP contribution in [0.1, 0.15) is 12.8 Å². The van der Waals surface area contributed by atoms with Gasteiger partial charge in [0.1, 0.15) is 5.75 Å². The highest BCUT2D eigenvalue weighted by Crippen LogP contribution is 2.27. The molecule has 1 heterocycles. The fourth-order valence-corrected chi connectivity index (χ4v) is 4.81. The lowest BCUT2D eigenvalue weighted by atomic mass is 10.0. The van der Waals surface area contributed by atoms with Gasteiger partial charge in [-0.05, 0) is 43.0 Å². The highest BCUT2D eigenvalue weighted by molar-refractivity contribution is 7.92. The molecule has 0 aliphatic carbocycles. The maximum atomic E-state index is 12.7. The molecule has 1 N–H and O–H groups in total. The highest BCUT2D eigenvalue weighted by Gasteiger charge is 2.33. The predicted octanol–water partition coefficient (Wildman–Crippen LogP) is 2.05. The molecule has 1 aliphatic rings. The molecular weight excluding hydrogens is 409 g/mol. The summed E-state index contributed by atoms with van der Waals surface area (Å²) in [7, 11) is -7.52. The van der Waals surface area contributed by atoms with Crippen molar-refractivity contribution in [1.29, 1.82) is 0 Å². The molecule has 152 valence electrons. The van der Waals surface area contributed by atoms with Crippen molar-refractivity contribution in [3.05, 3.63) is 36.3 Å². The molecule has 27 heavy (non-hydrogen) atoms. The van der Waals surface area contributed by atoms with Crippen molar-refractivity contribution in [2.24, 2.45) is 5.92 Å². The van der Waals surface area contributed by atoms with Gasteiger partial charge in [-0.25, -0.2) is 21.6 Å². The van der Waals surface area contributed by atoms with E-state index in [1.165, 1.54) is 4.31 Å². The zero-order valence-electron chi connectivity index (χ0n) is 14.1. The molecule has 1 fully saturated rings. The number of hydrogen-bond donors (Lipinski definition) is 1. The summed E-state index contributed by atoms with van der Waals surface area (Å²) in [4.78, 5) is -0.163. The summed E-state index contributed by atoms with van der Waals surface area (Å²) in [5.74, 6) is -0.743. The topological polar surface area (TPSA) is 92.8 Å². The van der Waals surface area contributed by atoms with Crippen LogP contribution in [0.4, 0.5) is 13.2 Å². The SMILES string of the molecule is C=CS(=O)(=O)NC[C@H]1CCCN(S(=O)(=O)c2ccc(OC(F)(F)F)cc2)C1. The number of halogens is 3. The molecule has 1 aliphatic heterocycles. The first-order valence-corrected chi connectivity index (χ1v) is 10.9. The van der Waals surface area contributed by atoms with Gasteiger partial charge in [0.25, 0.3) is 0 Å². The summed E-state index contributed by atoms with van der Waals surface area (Å²) in [5, 5.41) is 0.773. The zero-order chi connectivity index (χ0) is 20.3. The lowest BCUT2D eigenvalue weighted by Crippen LogP contribution is -2.43. The van der Waals surface area contributed by atoms with Crippen LogP contribution in [0, 0.1) is 5.92 Å². The molecule has 0 aromatic heterocycles. The summed E-state index contributed by atoms with van der Waals surface area (Å²) in [6, 6.07) is 3.95. The molecule has 0 amide bonds. The minimum atomic E-state index is -4.86. The van der Waals surface area contributed by atoms with Gasteiger partial charge in [0.2, 0.25) is 20.0 Å². The van der Waals surface area contributed by atoms with Crippen LogP contribution in [0.15, 0.2) is 41.1 Å². The molecule has 2 rings (SSSR count). The Labute approximate surface area is 155 Å². The number of piperidine rings is 1. The van der Waals surface area contributed by atoms with Crippen LogP contribution in [0.25, 0.3) is 0 Å².